The van der Waals surface area contributed by atoms with Gasteiger partial charge < -0.3 is 9.84 Å². The molecule has 0 heterocycles. The molecule has 0 aromatic heterocycles. The van der Waals surface area contributed by atoms with Crippen molar-refractivity contribution in [3.8, 4) is 11.8 Å². The van der Waals surface area contributed by atoms with E-state index >= 15 is 0 Å². The van der Waals surface area contributed by atoms with Gasteiger partial charge in [-0.2, -0.15) is 5.26 Å². The molecule has 0 radical (unpaired) electrons. The third-order valence-electron chi connectivity index (χ3n) is 1.58. The summed E-state index contributed by atoms with van der Waals surface area (Å²) in [5, 5.41) is 17.2. The molecule has 0 unspecified atom stereocenters. The third-order valence-corrected chi connectivity index (χ3v) is 1.58. The van der Waals surface area contributed by atoms with E-state index in [0.717, 1.165) is 5.56 Å². The summed E-state index contributed by atoms with van der Waals surface area (Å²) in [4.78, 5) is 10.9. The number of phenolic OH excluding ortho intramolecular Hbond substituents is 1. The number of rotatable bonds is 3. The number of hydrogen-bond acceptors (Lipinski definition) is 4. The molecule has 0 bridgehead atoms. The first-order chi connectivity index (χ1) is 7.22. The number of esters is 1. The Morgan fingerprint density at radius 3 is 2.73 bits per heavy atom. The van der Waals surface area contributed by atoms with Crippen LogP contribution >= 0.6 is 0 Å². The molecule has 0 aliphatic rings. The second-order valence-electron chi connectivity index (χ2n) is 2.69. The van der Waals surface area contributed by atoms with Gasteiger partial charge in [-0.05, 0) is 23.8 Å². The number of carbonyl (C=O) groups excluding carboxylic acids is 1. The molecule has 0 aliphatic carbocycles. The fraction of sp³-hybridized carbons (Fsp3) is 0.0909. The Hall–Kier alpha value is -2.28. The number of nitriles is 1. The van der Waals surface area contributed by atoms with Gasteiger partial charge in [0, 0.05) is 6.08 Å². The maximum Gasteiger partial charge on any atom is 0.331 e. The van der Waals surface area contributed by atoms with Gasteiger partial charge in [0.05, 0.1) is 0 Å². The van der Waals surface area contributed by atoms with Crippen LogP contribution in [0.4, 0.5) is 0 Å². The number of phenols is 1. The van der Waals surface area contributed by atoms with E-state index in [-0.39, 0.29) is 12.4 Å². The van der Waals surface area contributed by atoms with Gasteiger partial charge in [-0.3, -0.25) is 0 Å². The fourth-order valence-electron chi connectivity index (χ4n) is 0.901. The number of nitrogens with zero attached hydrogens (tertiary/aromatic N) is 1. The van der Waals surface area contributed by atoms with Crippen molar-refractivity contribution in [2.45, 2.75) is 0 Å². The van der Waals surface area contributed by atoms with Crippen LogP contribution in [0.25, 0.3) is 6.08 Å². The van der Waals surface area contributed by atoms with Crippen molar-refractivity contribution in [3.63, 3.8) is 0 Å². The number of hydrogen-bond donors (Lipinski definition) is 1. The van der Waals surface area contributed by atoms with Crippen LogP contribution < -0.4 is 0 Å². The van der Waals surface area contributed by atoms with Crippen molar-refractivity contribution >= 4 is 12.0 Å². The van der Waals surface area contributed by atoms with Gasteiger partial charge in [-0.1, -0.05) is 12.1 Å². The smallest absolute Gasteiger partial charge is 0.331 e. The second-order valence-corrected chi connectivity index (χ2v) is 2.69. The molecule has 0 atom stereocenters. The molecule has 0 saturated carbocycles. The van der Waals surface area contributed by atoms with Gasteiger partial charge in [0.15, 0.2) is 6.61 Å². The first kappa shape index (κ1) is 10.8. The highest BCUT2D eigenvalue weighted by Crippen LogP contribution is 2.10. The molecule has 1 aromatic carbocycles. The molecule has 1 N–H and O–H groups in total. The van der Waals surface area contributed by atoms with Crippen molar-refractivity contribution in [2.24, 2.45) is 0 Å². The molecule has 4 heteroatoms. The van der Waals surface area contributed by atoms with E-state index in [1.165, 1.54) is 18.2 Å². The Morgan fingerprint density at radius 2 is 2.13 bits per heavy atom. The van der Waals surface area contributed by atoms with Gasteiger partial charge >= 0.3 is 5.97 Å². The zero-order chi connectivity index (χ0) is 11.1. The molecule has 4 nitrogen and oxygen atoms in total. The summed E-state index contributed by atoms with van der Waals surface area (Å²) in [6.45, 7) is -0.251. The van der Waals surface area contributed by atoms with E-state index in [9.17, 15) is 4.79 Å². The minimum atomic E-state index is -0.565. The summed E-state index contributed by atoms with van der Waals surface area (Å²) in [5.74, 6) is -0.399. The number of aromatic hydroxyl groups is 1. The number of carbonyl (C=O) groups is 1. The zero-order valence-corrected chi connectivity index (χ0v) is 7.88. The highest BCUT2D eigenvalue weighted by Gasteiger charge is 1.95. The molecular weight excluding hydrogens is 194 g/mol. The normalized spacial score (nSPS) is 9.80. The zero-order valence-electron chi connectivity index (χ0n) is 7.88. The van der Waals surface area contributed by atoms with E-state index in [1.807, 2.05) is 0 Å². The topological polar surface area (TPSA) is 70.3 Å². The lowest BCUT2D eigenvalue weighted by Crippen LogP contribution is -1.99. The molecule has 0 saturated heterocycles. The van der Waals surface area contributed by atoms with Crippen molar-refractivity contribution < 1.29 is 14.6 Å². The van der Waals surface area contributed by atoms with Crippen molar-refractivity contribution in [1.82, 2.24) is 0 Å². The predicted octanol–water partition coefficient (Wildman–Crippen LogP) is 1.47. The molecular formula is C11H9NO3. The molecule has 76 valence electrons. The van der Waals surface area contributed by atoms with Crippen LogP contribution in [0.1, 0.15) is 5.56 Å². The van der Waals surface area contributed by atoms with Crippen molar-refractivity contribution in [2.75, 3.05) is 6.61 Å². The van der Waals surface area contributed by atoms with Crippen LogP contribution in [0.15, 0.2) is 30.3 Å². The summed E-state index contributed by atoms with van der Waals surface area (Å²) in [6.07, 6.45) is 2.77. The minimum Gasteiger partial charge on any atom is -0.508 e. The quantitative estimate of drug-likeness (QED) is 0.596. The lowest BCUT2D eigenvalue weighted by Gasteiger charge is -1.94. The maximum absolute atomic E-state index is 10.9. The van der Waals surface area contributed by atoms with Crippen LogP contribution in [0.2, 0.25) is 0 Å². The second kappa shape index (κ2) is 5.45. The monoisotopic (exact) mass is 203 g/mol. The summed E-state index contributed by atoms with van der Waals surface area (Å²) < 4.78 is 4.50. The molecule has 15 heavy (non-hydrogen) atoms. The first-order valence-corrected chi connectivity index (χ1v) is 4.23. The Labute approximate surface area is 87.0 Å². The number of benzene rings is 1. The Balaban J connectivity index is 2.54. The lowest BCUT2D eigenvalue weighted by atomic mass is 10.2. The van der Waals surface area contributed by atoms with Gasteiger partial charge in [0.2, 0.25) is 0 Å². The number of ether oxygens (including phenoxy) is 1. The van der Waals surface area contributed by atoms with Crippen LogP contribution in [0.5, 0.6) is 5.75 Å². The van der Waals surface area contributed by atoms with E-state index < -0.39 is 5.97 Å². The van der Waals surface area contributed by atoms with Crippen LogP contribution in [-0.4, -0.2) is 17.7 Å². The van der Waals surface area contributed by atoms with E-state index in [2.05, 4.69) is 4.74 Å². The van der Waals surface area contributed by atoms with Gasteiger partial charge in [0.1, 0.15) is 11.8 Å². The lowest BCUT2D eigenvalue weighted by molar-refractivity contribution is -0.136. The van der Waals surface area contributed by atoms with Gasteiger partial charge in [-0.15, -0.1) is 0 Å². The molecule has 0 fully saturated rings. The first-order valence-electron chi connectivity index (χ1n) is 4.23. The minimum absolute atomic E-state index is 0.166. The predicted molar refractivity (Wildman–Crippen MR) is 53.7 cm³/mol. The molecule has 0 aliphatic heterocycles. The van der Waals surface area contributed by atoms with Crippen LogP contribution in [0, 0.1) is 11.3 Å². The standard InChI is InChI=1S/C11H9NO3/c12-7-8-15-11(14)6-3-9-1-4-10(13)5-2-9/h1-6,13H,8H2/b6-3+. The maximum atomic E-state index is 10.9. The summed E-state index contributed by atoms with van der Waals surface area (Å²) in [7, 11) is 0. The largest absolute Gasteiger partial charge is 0.508 e. The Morgan fingerprint density at radius 1 is 1.47 bits per heavy atom. The van der Waals surface area contributed by atoms with E-state index in [1.54, 1.807) is 24.3 Å². The summed E-state index contributed by atoms with van der Waals surface area (Å²) in [5.41, 5.74) is 0.765. The van der Waals surface area contributed by atoms with Crippen LogP contribution in [-0.2, 0) is 9.53 Å². The molecule has 1 aromatic rings. The average Bonchev–Trinajstić information content (AvgIpc) is 2.25. The SMILES string of the molecule is N#CCOC(=O)/C=C/c1ccc(O)cc1. The van der Waals surface area contributed by atoms with E-state index in [0.29, 0.717) is 0 Å². The average molecular weight is 203 g/mol. The van der Waals surface area contributed by atoms with Gasteiger partial charge in [0.25, 0.3) is 0 Å². The van der Waals surface area contributed by atoms with Crippen LogP contribution in [0.3, 0.4) is 0 Å². The van der Waals surface area contributed by atoms with Crippen molar-refractivity contribution in [3.05, 3.63) is 35.9 Å². The Bertz CT molecular complexity index is 401. The summed E-state index contributed by atoms with van der Waals surface area (Å²) in [6, 6.07) is 8.03. The fourth-order valence-corrected chi connectivity index (χ4v) is 0.901. The third kappa shape index (κ3) is 3.96. The highest BCUT2D eigenvalue weighted by atomic mass is 16.5. The Kier molecular flexibility index (Phi) is 3.92. The molecule has 0 amide bonds. The van der Waals surface area contributed by atoms with Gasteiger partial charge in [-0.25, -0.2) is 4.79 Å². The summed E-state index contributed by atoms with van der Waals surface area (Å²) >= 11 is 0. The highest BCUT2D eigenvalue weighted by molar-refractivity contribution is 5.87. The van der Waals surface area contributed by atoms with E-state index in [4.69, 9.17) is 10.4 Å². The molecule has 1 rings (SSSR count). The van der Waals surface area contributed by atoms with Crippen molar-refractivity contribution in [1.29, 1.82) is 5.26 Å². The molecule has 0 spiro atoms.